The van der Waals surface area contributed by atoms with Gasteiger partial charge in [-0.15, -0.1) is 0 Å². The molecule has 28 heavy (non-hydrogen) atoms. The molecule has 0 unspecified atom stereocenters. The number of aryl methyl sites for hydroxylation is 1. The predicted octanol–water partition coefficient (Wildman–Crippen LogP) is 2.11. The number of rotatable bonds is 8. The number of carbonyl (C=O) groups is 2. The second kappa shape index (κ2) is 10.1. The molecule has 0 radical (unpaired) electrons. The molecule has 0 aliphatic heterocycles. The van der Waals surface area contributed by atoms with Crippen LogP contribution < -0.4 is 29.8 Å². The predicted molar refractivity (Wildman–Crippen MR) is 103 cm³/mol. The monoisotopic (exact) mass is 388 g/mol. The maximum Gasteiger partial charge on any atom is 0.269 e. The molecule has 2 amide bonds. The number of hydrazine groups is 1. The fourth-order valence-electron chi connectivity index (χ4n) is 2.60. The van der Waals surface area contributed by atoms with Gasteiger partial charge in [0.1, 0.15) is 11.5 Å². The van der Waals surface area contributed by atoms with Gasteiger partial charge in [0, 0.05) is 18.1 Å². The molecule has 2 rings (SSSR count). The summed E-state index contributed by atoms with van der Waals surface area (Å²) in [5.41, 5.74) is 5.91. The zero-order valence-electron chi connectivity index (χ0n) is 16.3. The number of nitrogens with one attached hydrogen (secondary N) is 2. The van der Waals surface area contributed by atoms with E-state index in [2.05, 4.69) is 10.9 Å². The number of ether oxygens (including phenoxy) is 4. The maximum atomic E-state index is 12.3. The van der Waals surface area contributed by atoms with E-state index in [9.17, 15) is 9.59 Å². The van der Waals surface area contributed by atoms with Gasteiger partial charge in [-0.2, -0.15) is 0 Å². The van der Waals surface area contributed by atoms with Gasteiger partial charge in [-0.1, -0.05) is 12.1 Å². The molecule has 0 aliphatic rings. The van der Waals surface area contributed by atoms with Gasteiger partial charge in [-0.3, -0.25) is 20.4 Å². The first-order chi connectivity index (χ1) is 13.5. The number of benzene rings is 2. The number of hydrogen-bond acceptors (Lipinski definition) is 6. The van der Waals surface area contributed by atoms with Crippen LogP contribution in [0, 0.1) is 0 Å². The van der Waals surface area contributed by atoms with Crippen molar-refractivity contribution in [2.24, 2.45) is 0 Å². The molecule has 8 heteroatoms. The molecule has 0 saturated heterocycles. The fourth-order valence-corrected chi connectivity index (χ4v) is 2.60. The Labute approximate surface area is 163 Å². The molecule has 0 atom stereocenters. The summed E-state index contributed by atoms with van der Waals surface area (Å²) in [6.07, 6.45) is 0.584. The molecule has 0 aliphatic carbocycles. The van der Waals surface area contributed by atoms with E-state index in [1.54, 1.807) is 38.5 Å². The smallest absolute Gasteiger partial charge is 0.269 e. The molecule has 2 aromatic carbocycles. The van der Waals surface area contributed by atoms with E-state index in [1.807, 2.05) is 12.1 Å². The van der Waals surface area contributed by atoms with Crippen molar-refractivity contribution in [2.45, 2.75) is 12.8 Å². The number of para-hydroxylation sites is 1. The largest absolute Gasteiger partial charge is 0.497 e. The molecule has 2 aromatic rings. The third-order valence-electron chi connectivity index (χ3n) is 4.03. The average Bonchev–Trinajstić information content (AvgIpc) is 2.74. The summed E-state index contributed by atoms with van der Waals surface area (Å²) in [6.45, 7) is 0. The summed E-state index contributed by atoms with van der Waals surface area (Å²) in [7, 11) is 6.08. The van der Waals surface area contributed by atoms with Crippen molar-refractivity contribution >= 4 is 11.8 Å². The third kappa shape index (κ3) is 5.29. The lowest BCUT2D eigenvalue weighted by molar-refractivity contribution is -0.121. The molecular weight excluding hydrogens is 364 g/mol. The van der Waals surface area contributed by atoms with Crippen molar-refractivity contribution in [3.05, 3.63) is 47.5 Å². The van der Waals surface area contributed by atoms with Crippen LogP contribution >= 0.6 is 0 Å². The van der Waals surface area contributed by atoms with Crippen LogP contribution in [0.3, 0.4) is 0 Å². The Morgan fingerprint density at radius 1 is 0.857 bits per heavy atom. The topological polar surface area (TPSA) is 95.1 Å². The molecule has 0 bridgehead atoms. The van der Waals surface area contributed by atoms with Crippen molar-refractivity contribution in [1.29, 1.82) is 0 Å². The van der Waals surface area contributed by atoms with Crippen LogP contribution in [0.4, 0.5) is 0 Å². The standard InChI is InChI=1S/C20H24N2O6/c1-25-15-10-14(11-16(12-15)26-2)20(24)22-21-18(23)9-8-13-6-5-7-17(27-3)19(13)28-4/h5-7,10-12H,8-9H2,1-4H3,(H,21,23)(H,22,24). The van der Waals surface area contributed by atoms with Crippen molar-refractivity contribution in [2.75, 3.05) is 28.4 Å². The van der Waals surface area contributed by atoms with E-state index in [1.165, 1.54) is 14.2 Å². The Kier molecular flexibility index (Phi) is 7.50. The van der Waals surface area contributed by atoms with E-state index in [-0.39, 0.29) is 12.3 Å². The van der Waals surface area contributed by atoms with E-state index in [4.69, 9.17) is 18.9 Å². The van der Waals surface area contributed by atoms with Crippen LogP contribution in [0.1, 0.15) is 22.3 Å². The van der Waals surface area contributed by atoms with Crippen molar-refractivity contribution in [3.63, 3.8) is 0 Å². The molecule has 2 N–H and O–H groups in total. The molecular formula is C20H24N2O6. The highest BCUT2D eigenvalue weighted by Gasteiger charge is 2.13. The van der Waals surface area contributed by atoms with Gasteiger partial charge in [0.05, 0.1) is 28.4 Å². The lowest BCUT2D eigenvalue weighted by atomic mass is 10.1. The molecule has 8 nitrogen and oxygen atoms in total. The highest BCUT2D eigenvalue weighted by Crippen LogP contribution is 2.31. The third-order valence-corrected chi connectivity index (χ3v) is 4.03. The Hall–Kier alpha value is -3.42. The summed E-state index contributed by atoms with van der Waals surface area (Å²) in [5, 5.41) is 0. The Morgan fingerprint density at radius 3 is 2.11 bits per heavy atom. The summed E-state index contributed by atoms with van der Waals surface area (Å²) >= 11 is 0. The second-order valence-electron chi connectivity index (χ2n) is 5.76. The van der Waals surface area contributed by atoms with Gasteiger partial charge >= 0.3 is 0 Å². The fraction of sp³-hybridized carbons (Fsp3) is 0.300. The van der Waals surface area contributed by atoms with Gasteiger partial charge < -0.3 is 18.9 Å². The zero-order valence-corrected chi connectivity index (χ0v) is 16.3. The molecule has 0 heterocycles. The van der Waals surface area contributed by atoms with Crippen molar-refractivity contribution in [1.82, 2.24) is 10.9 Å². The van der Waals surface area contributed by atoms with Crippen LogP contribution in [0.25, 0.3) is 0 Å². The van der Waals surface area contributed by atoms with Gasteiger partial charge in [0.15, 0.2) is 11.5 Å². The van der Waals surface area contributed by atoms with Crippen molar-refractivity contribution in [3.8, 4) is 23.0 Å². The molecule has 0 saturated carbocycles. The van der Waals surface area contributed by atoms with Crippen LogP contribution in [0.5, 0.6) is 23.0 Å². The van der Waals surface area contributed by atoms with Gasteiger partial charge in [0.25, 0.3) is 5.91 Å². The normalized spacial score (nSPS) is 10.0. The zero-order chi connectivity index (χ0) is 20.5. The second-order valence-corrected chi connectivity index (χ2v) is 5.76. The van der Waals surface area contributed by atoms with Crippen LogP contribution in [-0.2, 0) is 11.2 Å². The average molecular weight is 388 g/mol. The lowest BCUT2D eigenvalue weighted by Gasteiger charge is -2.13. The van der Waals surface area contributed by atoms with E-state index < -0.39 is 5.91 Å². The maximum absolute atomic E-state index is 12.3. The first-order valence-electron chi connectivity index (χ1n) is 8.54. The minimum absolute atomic E-state index is 0.158. The number of methoxy groups -OCH3 is 4. The van der Waals surface area contributed by atoms with E-state index >= 15 is 0 Å². The van der Waals surface area contributed by atoms with Gasteiger partial charge in [0.2, 0.25) is 5.91 Å². The van der Waals surface area contributed by atoms with Crippen molar-refractivity contribution < 1.29 is 28.5 Å². The highest BCUT2D eigenvalue weighted by atomic mass is 16.5. The minimum Gasteiger partial charge on any atom is -0.497 e. The van der Waals surface area contributed by atoms with E-state index in [0.717, 1.165) is 5.56 Å². The Bertz CT molecular complexity index is 815. The summed E-state index contributed by atoms with van der Waals surface area (Å²) < 4.78 is 20.9. The van der Waals surface area contributed by atoms with E-state index in [0.29, 0.717) is 35.0 Å². The van der Waals surface area contributed by atoms with Gasteiger partial charge in [-0.05, 0) is 30.2 Å². The molecule has 0 fully saturated rings. The summed E-state index contributed by atoms with van der Waals surface area (Å²) in [5.74, 6) is 1.31. The summed E-state index contributed by atoms with van der Waals surface area (Å²) in [4.78, 5) is 24.4. The molecule has 150 valence electrons. The number of carbonyl (C=O) groups excluding carboxylic acids is 2. The highest BCUT2D eigenvalue weighted by molar-refractivity contribution is 5.96. The van der Waals surface area contributed by atoms with Crippen LogP contribution in [0.2, 0.25) is 0 Å². The van der Waals surface area contributed by atoms with Crippen LogP contribution in [0.15, 0.2) is 36.4 Å². The summed E-state index contributed by atoms with van der Waals surface area (Å²) in [6, 6.07) is 10.2. The number of amides is 2. The quantitative estimate of drug-likeness (QED) is 0.673. The first-order valence-corrected chi connectivity index (χ1v) is 8.54. The first kappa shape index (κ1) is 20.9. The van der Waals surface area contributed by atoms with Crippen LogP contribution in [-0.4, -0.2) is 40.3 Å². The Balaban J connectivity index is 1.93. The Morgan fingerprint density at radius 2 is 1.54 bits per heavy atom. The molecule has 0 spiro atoms. The SMILES string of the molecule is COc1cc(OC)cc(C(=O)NNC(=O)CCc2cccc(OC)c2OC)c1. The minimum atomic E-state index is -0.482. The molecule has 0 aromatic heterocycles. The lowest BCUT2D eigenvalue weighted by Crippen LogP contribution is -2.41. The number of hydrogen-bond donors (Lipinski definition) is 2. The van der Waals surface area contributed by atoms with Gasteiger partial charge in [-0.25, -0.2) is 0 Å².